The van der Waals surface area contributed by atoms with Crippen LogP contribution in [0.3, 0.4) is 0 Å². The van der Waals surface area contributed by atoms with Crippen LogP contribution in [0.4, 0.5) is 0 Å². The molecule has 0 fully saturated rings. The molecule has 0 saturated carbocycles. The van der Waals surface area contributed by atoms with Crippen LogP contribution in [0.15, 0.2) is 30.3 Å². The summed E-state index contributed by atoms with van der Waals surface area (Å²) in [6.45, 7) is 6.10. The summed E-state index contributed by atoms with van der Waals surface area (Å²) in [7, 11) is 3.78. The summed E-state index contributed by atoms with van der Waals surface area (Å²) in [6, 6.07) is 10.3. The first-order chi connectivity index (χ1) is 10.9. The van der Waals surface area contributed by atoms with Crippen molar-refractivity contribution in [3.63, 3.8) is 0 Å². The Morgan fingerprint density at radius 2 is 1.91 bits per heavy atom. The number of aromatic nitrogens is 2. The number of hydrogen-bond donors (Lipinski definition) is 0. The fourth-order valence-corrected chi connectivity index (χ4v) is 3.83. The summed E-state index contributed by atoms with van der Waals surface area (Å²) < 4.78 is 1.84. The van der Waals surface area contributed by atoms with Crippen LogP contribution in [0, 0.1) is 13.8 Å². The van der Waals surface area contributed by atoms with E-state index in [0.29, 0.717) is 0 Å². The molecule has 0 bridgehead atoms. The van der Waals surface area contributed by atoms with Gasteiger partial charge in [0.15, 0.2) is 0 Å². The number of aryl methyl sites for hydroxylation is 3. The molecule has 1 unspecified atom stereocenters. The molecule has 5 heteroatoms. The van der Waals surface area contributed by atoms with E-state index in [2.05, 4.69) is 43.2 Å². The molecule has 23 heavy (non-hydrogen) atoms. The molecule has 0 spiro atoms. The van der Waals surface area contributed by atoms with Gasteiger partial charge in [0.25, 0.3) is 5.91 Å². The Kier molecular flexibility index (Phi) is 3.98. The number of thiophene rings is 1. The molecule has 0 N–H and O–H groups in total. The number of rotatable bonds is 3. The molecule has 4 nitrogen and oxygen atoms in total. The maximum atomic E-state index is 12.8. The van der Waals surface area contributed by atoms with Crippen LogP contribution < -0.4 is 0 Å². The van der Waals surface area contributed by atoms with Gasteiger partial charge in [-0.25, -0.2) is 0 Å². The van der Waals surface area contributed by atoms with Crippen molar-refractivity contribution in [2.75, 3.05) is 7.05 Å². The zero-order valence-electron chi connectivity index (χ0n) is 14.1. The van der Waals surface area contributed by atoms with Crippen LogP contribution in [0.2, 0.25) is 0 Å². The first-order valence-electron chi connectivity index (χ1n) is 7.65. The molecule has 3 rings (SSSR count). The zero-order valence-corrected chi connectivity index (χ0v) is 14.9. The molecule has 1 amide bonds. The van der Waals surface area contributed by atoms with Gasteiger partial charge >= 0.3 is 0 Å². The van der Waals surface area contributed by atoms with Crippen molar-refractivity contribution in [2.24, 2.45) is 7.05 Å². The lowest BCUT2D eigenvalue weighted by Gasteiger charge is -2.25. The fraction of sp³-hybridized carbons (Fsp3) is 0.333. The molecule has 120 valence electrons. The second kappa shape index (κ2) is 5.81. The minimum atomic E-state index is 0.0348. The molecule has 1 aromatic carbocycles. The molecule has 3 aromatic rings. The summed E-state index contributed by atoms with van der Waals surface area (Å²) in [5, 5.41) is 5.46. The van der Waals surface area contributed by atoms with Crippen molar-refractivity contribution < 1.29 is 4.79 Å². The standard InChI is InChI=1S/C18H21N3OS/c1-11-6-8-14(9-7-11)13(3)20(4)17(22)16-10-15-12(2)19-21(5)18(15)23-16/h6-10,13H,1-5H3. The van der Waals surface area contributed by atoms with Crippen LogP contribution in [0.1, 0.15) is 39.5 Å². The Bertz CT molecular complexity index is 826. The van der Waals surface area contributed by atoms with Gasteiger partial charge in [0.1, 0.15) is 4.83 Å². The van der Waals surface area contributed by atoms with E-state index in [-0.39, 0.29) is 11.9 Å². The van der Waals surface area contributed by atoms with Gasteiger partial charge in [-0.2, -0.15) is 5.10 Å². The third-order valence-electron chi connectivity index (χ3n) is 4.37. The van der Waals surface area contributed by atoms with Gasteiger partial charge in [0.05, 0.1) is 16.6 Å². The average molecular weight is 327 g/mol. The van der Waals surface area contributed by atoms with Gasteiger partial charge in [0, 0.05) is 19.5 Å². The molecule has 0 saturated heterocycles. The topological polar surface area (TPSA) is 38.1 Å². The van der Waals surface area contributed by atoms with Crippen molar-refractivity contribution in [1.29, 1.82) is 0 Å². The lowest BCUT2D eigenvalue weighted by Crippen LogP contribution is -2.29. The fourth-order valence-electron chi connectivity index (χ4n) is 2.73. The van der Waals surface area contributed by atoms with Gasteiger partial charge in [-0.1, -0.05) is 29.8 Å². The van der Waals surface area contributed by atoms with E-state index in [1.54, 1.807) is 4.90 Å². The number of carbonyl (C=O) groups is 1. The molecular formula is C18H21N3OS. The Labute approximate surface area is 140 Å². The van der Waals surface area contributed by atoms with Crippen LogP contribution in [-0.2, 0) is 7.05 Å². The molecule has 0 aliphatic carbocycles. The first-order valence-corrected chi connectivity index (χ1v) is 8.47. The second-order valence-corrected chi connectivity index (χ2v) is 7.07. The van der Waals surface area contributed by atoms with Crippen LogP contribution in [-0.4, -0.2) is 27.6 Å². The predicted molar refractivity (Wildman–Crippen MR) is 95.0 cm³/mol. The minimum absolute atomic E-state index is 0.0348. The van der Waals surface area contributed by atoms with E-state index in [0.717, 1.165) is 26.4 Å². The van der Waals surface area contributed by atoms with E-state index in [1.165, 1.54) is 16.9 Å². The third-order valence-corrected chi connectivity index (χ3v) is 5.56. The molecule has 1 atom stereocenters. The maximum absolute atomic E-state index is 12.8. The summed E-state index contributed by atoms with van der Waals surface area (Å²) in [5.41, 5.74) is 3.33. The Morgan fingerprint density at radius 3 is 2.52 bits per heavy atom. The summed E-state index contributed by atoms with van der Waals surface area (Å²) >= 11 is 1.51. The van der Waals surface area contributed by atoms with Gasteiger partial charge in [-0.3, -0.25) is 9.48 Å². The van der Waals surface area contributed by atoms with Crippen LogP contribution >= 0.6 is 11.3 Å². The van der Waals surface area contributed by atoms with Crippen LogP contribution in [0.5, 0.6) is 0 Å². The van der Waals surface area contributed by atoms with E-state index in [4.69, 9.17) is 0 Å². The molecule has 0 aliphatic rings. The largest absolute Gasteiger partial charge is 0.334 e. The number of amides is 1. The Morgan fingerprint density at radius 1 is 1.26 bits per heavy atom. The van der Waals surface area contributed by atoms with Crippen molar-refractivity contribution >= 4 is 27.5 Å². The highest BCUT2D eigenvalue weighted by atomic mass is 32.1. The van der Waals surface area contributed by atoms with E-state index >= 15 is 0 Å². The normalized spacial score (nSPS) is 12.6. The molecule has 2 heterocycles. The summed E-state index contributed by atoms with van der Waals surface area (Å²) in [6.07, 6.45) is 0. The average Bonchev–Trinajstić information content (AvgIpc) is 3.08. The molecule has 0 radical (unpaired) electrons. The number of carbonyl (C=O) groups excluding carboxylic acids is 1. The number of hydrogen-bond acceptors (Lipinski definition) is 3. The second-order valence-electron chi connectivity index (χ2n) is 6.04. The highest BCUT2D eigenvalue weighted by Gasteiger charge is 2.22. The first kappa shape index (κ1) is 15.7. The highest BCUT2D eigenvalue weighted by Crippen LogP contribution is 2.30. The van der Waals surface area contributed by atoms with E-state index in [1.807, 2.05) is 31.8 Å². The molecule has 0 aliphatic heterocycles. The Balaban J connectivity index is 1.88. The van der Waals surface area contributed by atoms with Crippen molar-refractivity contribution in [3.05, 3.63) is 52.0 Å². The number of fused-ring (bicyclic) bond motifs is 1. The predicted octanol–water partition coefficient (Wildman–Crippen LogP) is 4.08. The van der Waals surface area contributed by atoms with E-state index < -0.39 is 0 Å². The summed E-state index contributed by atoms with van der Waals surface area (Å²) in [5.74, 6) is 0.0543. The quantitative estimate of drug-likeness (QED) is 0.727. The van der Waals surface area contributed by atoms with Crippen molar-refractivity contribution in [1.82, 2.24) is 14.7 Å². The van der Waals surface area contributed by atoms with Gasteiger partial charge in [0.2, 0.25) is 0 Å². The molecule has 2 aromatic heterocycles. The van der Waals surface area contributed by atoms with Gasteiger partial charge in [-0.05, 0) is 32.4 Å². The smallest absolute Gasteiger partial charge is 0.264 e. The van der Waals surface area contributed by atoms with Crippen LogP contribution in [0.25, 0.3) is 10.2 Å². The maximum Gasteiger partial charge on any atom is 0.264 e. The Hall–Kier alpha value is -2.14. The third kappa shape index (κ3) is 2.77. The van der Waals surface area contributed by atoms with Crippen molar-refractivity contribution in [3.8, 4) is 0 Å². The molecular weight excluding hydrogens is 306 g/mol. The highest BCUT2D eigenvalue weighted by molar-refractivity contribution is 7.20. The lowest BCUT2D eigenvalue weighted by atomic mass is 10.1. The van der Waals surface area contributed by atoms with Crippen molar-refractivity contribution in [2.45, 2.75) is 26.8 Å². The minimum Gasteiger partial charge on any atom is -0.334 e. The van der Waals surface area contributed by atoms with Gasteiger partial charge < -0.3 is 4.90 Å². The number of nitrogens with zero attached hydrogens (tertiary/aromatic N) is 3. The van der Waals surface area contributed by atoms with Gasteiger partial charge in [-0.15, -0.1) is 11.3 Å². The lowest BCUT2D eigenvalue weighted by molar-refractivity contribution is 0.0747. The van der Waals surface area contributed by atoms with E-state index in [9.17, 15) is 4.79 Å². The monoisotopic (exact) mass is 327 g/mol. The SMILES string of the molecule is Cc1ccc(C(C)N(C)C(=O)c2cc3c(C)nn(C)c3s2)cc1. The number of benzene rings is 1. The zero-order chi connectivity index (χ0) is 16.7. The summed E-state index contributed by atoms with van der Waals surface area (Å²) in [4.78, 5) is 16.4.